The van der Waals surface area contributed by atoms with Crippen LogP contribution in [0.15, 0.2) is 53.7 Å². The lowest BCUT2D eigenvalue weighted by Crippen LogP contribution is -2.43. The number of hydrogen-bond acceptors (Lipinski definition) is 3. The van der Waals surface area contributed by atoms with Gasteiger partial charge in [-0.1, -0.05) is 47.1 Å². The molecule has 0 aliphatic carbocycles. The zero-order valence-electron chi connectivity index (χ0n) is 15.0. The van der Waals surface area contributed by atoms with E-state index in [-0.39, 0.29) is 24.5 Å². The molecule has 7 heteroatoms. The molecule has 0 aromatic heterocycles. The number of rotatable bonds is 6. The van der Waals surface area contributed by atoms with Crippen molar-refractivity contribution in [1.29, 1.82) is 0 Å². The third-order valence-corrected chi connectivity index (χ3v) is 4.52. The van der Waals surface area contributed by atoms with Crippen LogP contribution in [0.3, 0.4) is 0 Å². The quantitative estimate of drug-likeness (QED) is 0.804. The third kappa shape index (κ3) is 4.98. The summed E-state index contributed by atoms with van der Waals surface area (Å²) in [5, 5.41) is 7.56. The predicted octanol–water partition coefficient (Wildman–Crippen LogP) is 4.20. The second-order valence-electron chi connectivity index (χ2n) is 6.28. The number of nitrogens with zero attached hydrogens (tertiary/aromatic N) is 2. The fraction of sp³-hybridized carbons (Fsp3) is 0.300. The minimum atomic E-state index is -0.336. The average Bonchev–Trinajstić information content (AvgIpc) is 3.12. The number of amides is 2. The van der Waals surface area contributed by atoms with Crippen LogP contribution < -0.4 is 5.32 Å². The number of carbonyl (C=O) groups is 1. The van der Waals surface area contributed by atoms with Crippen LogP contribution >= 0.6 is 11.6 Å². The topological polar surface area (TPSA) is 53.9 Å². The number of nitrogens with one attached hydrogen (secondary N) is 1. The minimum absolute atomic E-state index is 0.161. The lowest BCUT2D eigenvalue weighted by molar-refractivity contribution is 0.0588. The fourth-order valence-corrected chi connectivity index (χ4v) is 3.03. The monoisotopic (exact) mass is 389 g/mol. The minimum Gasteiger partial charge on any atom is -0.390 e. The maximum absolute atomic E-state index is 14.0. The van der Waals surface area contributed by atoms with Gasteiger partial charge < -0.3 is 15.1 Å². The molecule has 2 amide bonds. The maximum atomic E-state index is 14.0. The van der Waals surface area contributed by atoms with Crippen molar-refractivity contribution in [2.45, 2.75) is 26.0 Å². The summed E-state index contributed by atoms with van der Waals surface area (Å²) < 4.78 is 14.0. The van der Waals surface area contributed by atoms with Crippen LogP contribution in [0.4, 0.5) is 9.18 Å². The van der Waals surface area contributed by atoms with Crippen LogP contribution in [0, 0.1) is 5.82 Å². The number of oxime groups is 1. The summed E-state index contributed by atoms with van der Waals surface area (Å²) in [6.45, 7) is 2.80. The molecule has 0 unspecified atom stereocenters. The number of halogens is 2. The van der Waals surface area contributed by atoms with Gasteiger partial charge >= 0.3 is 6.03 Å². The zero-order chi connectivity index (χ0) is 19.2. The van der Waals surface area contributed by atoms with Crippen molar-refractivity contribution < 1.29 is 14.0 Å². The highest BCUT2D eigenvalue weighted by molar-refractivity contribution is 6.30. The van der Waals surface area contributed by atoms with Crippen LogP contribution in [0.1, 0.15) is 24.5 Å². The summed E-state index contributed by atoms with van der Waals surface area (Å²) in [4.78, 5) is 19.5. The maximum Gasteiger partial charge on any atom is 0.317 e. The molecule has 1 atom stereocenters. The number of urea groups is 1. The van der Waals surface area contributed by atoms with E-state index in [0.29, 0.717) is 30.1 Å². The normalized spacial score (nSPS) is 15.8. The first-order valence-electron chi connectivity index (χ1n) is 8.81. The summed E-state index contributed by atoms with van der Waals surface area (Å²) in [7, 11) is 0. The number of hydrogen-bond donors (Lipinski definition) is 1. The highest BCUT2D eigenvalue weighted by Crippen LogP contribution is 2.20. The Labute approximate surface area is 162 Å². The molecular weight excluding hydrogens is 369 g/mol. The Hall–Kier alpha value is -2.60. The van der Waals surface area contributed by atoms with Crippen LogP contribution in [0.25, 0.3) is 0 Å². The molecule has 1 aliphatic rings. The van der Waals surface area contributed by atoms with E-state index in [4.69, 9.17) is 16.4 Å². The summed E-state index contributed by atoms with van der Waals surface area (Å²) in [5.74, 6) is -0.336. The van der Waals surface area contributed by atoms with Gasteiger partial charge in [-0.3, -0.25) is 0 Å². The van der Waals surface area contributed by atoms with E-state index >= 15 is 0 Å². The Balaban J connectivity index is 1.67. The fourth-order valence-electron chi connectivity index (χ4n) is 2.90. The Kier molecular flexibility index (Phi) is 6.29. The summed E-state index contributed by atoms with van der Waals surface area (Å²) >= 11 is 5.92. The molecular formula is C20H21ClFN3O2. The second kappa shape index (κ2) is 8.86. The van der Waals surface area contributed by atoms with E-state index < -0.39 is 0 Å². The first kappa shape index (κ1) is 19.2. The van der Waals surface area contributed by atoms with Crippen LogP contribution in [0.2, 0.25) is 5.02 Å². The van der Waals surface area contributed by atoms with Crippen molar-refractivity contribution in [2.75, 3.05) is 13.1 Å². The Morgan fingerprint density at radius 1 is 1.30 bits per heavy atom. The third-order valence-electron chi connectivity index (χ3n) is 4.27. The van der Waals surface area contributed by atoms with Crippen molar-refractivity contribution in [3.8, 4) is 0 Å². The van der Waals surface area contributed by atoms with E-state index in [1.807, 2.05) is 19.1 Å². The average molecular weight is 390 g/mol. The van der Waals surface area contributed by atoms with Gasteiger partial charge in [-0.25, -0.2) is 9.18 Å². The van der Waals surface area contributed by atoms with E-state index in [2.05, 4.69) is 10.5 Å². The molecule has 142 valence electrons. The van der Waals surface area contributed by atoms with Crippen LogP contribution in [-0.4, -0.2) is 35.8 Å². The number of benzene rings is 2. The molecule has 5 nitrogen and oxygen atoms in total. The molecule has 3 rings (SSSR count). The van der Waals surface area contributed by atoms with E-state index in [0.717, 1.165) is 11.3 Å². The van der Waals surface area contributed by atoms with Gasteiger partial charge in [0.1, 0.15) is 5.82 Å². The molecule has 0 radical (unpaired) electrons. The summed E-state index contributed by atoms with van der Waals surface area (Å²) in [6.07, 6.45) is 0.277. The van der Waals surface area contributed by atoms with Crippen molar-refractivity contribution >= 4 is 23.3 Å². The van der Waals surface area contributed by atoms with E-state index in [1.54, 1.807) is 35.2 Å². The Morgan fingerprint density at radius 3 is 2.74 bits per heavy atom. The standard InChI is InChI=1S/C20H21ClFN3O2/c1-2-23-20(26)25(12-15-5-3-4-6-18(15)22)13-17-11-19(24-27-17)14-7-9-16(21)10-8-14/h3-10,17H,2,11-13H2,1H3,(H,23,26)/t17-/m1/s1. The molecule has 0 saturated heterocycles. The molecule has 0 fully saturated rings. The van der Waals surface area contributed by atoms with Gasteiger partial charge in [0, 0.05) is 23.6 Å². The van der Waals surface area contributed by atoms with Crippen LogP contribution in [-0.2, 0) is 11.4 Å². The Bertz CT molecular complexity index is 826. The van der Waals surface area contributed by atoms with Gasteiger partial charge in [-0.15, -0.1) is 0 Å². The zero-order valence-corrected chi connectivity index (χ0v) is 15.7. The largest absolute Gasteiger partial charge is 0.390 e. The second-order valence-corrected chi connectivity index (χ2v) is 6.72. The van der Waals surface area contributed by atoms with Gasteiger partial charge in [0.25, 0.3) is 0 Å². The van der Waals surface area contributed by atoms with Gasteiger partial charge in [0.2, 0.25) is 0 Å². The van der Waals surface area contributed by atoms with Crippen molar-refractivity contribution in [2.24, 2.45) is 5.16 Å². The first-order valence-corrected chi connectivity index (χ1v) is 9.19. The summed E-state index contributed by atoms with van der Waals surface area (Å²) in [6, 6.07) is 13.5. The molecule has 27 heavy (non-hydrogen) atoms. The van der Waals surface area contributed by atoms with Gasteiger partial charge in [0.05, 0.1) is 18.8 Å². The smallest absolute Gasteiger partial charge is 0.317 e. The summed E-state index contributed by atoms with van der Waals surface area (Å²) in [5.41, 5.74) is 2.19. The Morgan fingerprint density at radius 2 is 2.04 bits per heavy atom. The molecule has 1 N–H and O–H groups in total. The lowest BCUT2D eigenvalue weighted by atomic mass is 10.0. The highest BCUT2D eigenvalue weighted by Gasteiger charge is 2.27. The molecule has 2 aromatic rings. The van der Waals surface area contributed by atoms with E-state index in [1.165, 1.54) is 6.07 Å². The van der Waals surface area contributed by atoms with Crippen molar-refractivity contribution in [3.63, 3.8) is 0 Å². The first-order chi connectivity index (χ1) is 13.1. The van der Waals surface area contributed by atoms with Crippen molar-refractivity contribution in [3.05, 3.63) is 70.5 Å². The predicted molar refractivity (Wildman–Crippen MR) is 103 cm³/mol. The SMILES string of the molecule is CCNC(=O)N(Cc1ccccc1F)C[C@H]1CC(c2ccc(Cl)cc2)=NO1. The van der Waals surface area contributed by atoms with Crippen LogP contribution in [0.5, 0.6) is 0 Å². The van der Waals surface area contributed by atoms with E-state index in [9.17, 15) is 9.18 Å². The molecule has 0 saturated carbocycles. The molecule has 2 aromatic carbocycles. The van der Waals surface area contributed by atoms with Gasteiger partial charge in [0.15, 0.2) is 6.10 Å². The van der Waals surface area contributed by atoms with Crippen molar-refractivity contribution in [1.82, 2.24) is 10.2 Å². The number of carbonyl (C=O) groups excluding carboxylic acids is 1. The highest BCUT2D eigenvalue weighted by atomic mass is 35.5. The van der Waals surface area contributed by atoms with Gasteiger partial charge in [-0.2, -0.15) is 0 Å². The molecule has 0 bridgehead atoms. The molecule has 1 heterocycles. The lowest BCUT2D eigenvalue weighted by Gasteiger charge is -2.25. The molecule has 1 aliphatic heterocycles. The van der Waals surface area contributed by atoms with Gasteiger partial charge in [-0.05, 0) is 30.7 Å². The molecule has 0 spiro atoms.